The van der Waals surface area contributed by atoms with Crippen molar-refractivity contribution >= 4 is 23.5 Å². The van der Waals surface area contributed by atoms with Gasteiger partial charge in [-0.15, -0.1) is 0 Å². The van der Waals surface area contributed by atoms with Gasteiger partial charge >= 0.3 is 11.8 Å². The molecule has 2 amide bonds. The number of carboxylic acid groups (broad SMARTS) is 1. The fraction of sp³-hybridized carbons (Fsp3) is 0.462. The summed E-state index contributed by atoms with van der Waals surface area (Å²) in [5.41, 5.74) is 0.145. The van der Waals surface area contributed by atoms with Crippen molar-refractivity contribution < 1.29 is 24.0 Å². The smallest absolute Gasteiger partial charge is 0.405 e. The Morgan fingerprint density at radius 1 is 1.62 bits per heavy atom. The third kappa shape index (κ3) is 3.50. The molecule has 1 aromatic rings. The van der Waals surface area contributed by atoms with Crippen LogP contribution in [0.15, 0.2) is 6.07 Å². The topological polar surface area (TPSA) is 138 Å². The highest BCUT2D eigenvalue weighted by Crippen LogP contribution is 2.28. The molecule has 2 rings (SSSR count). The van der Waals surface area contributed by atoms with Crippen LogP contribution < -0.4 is 10.6 Å². The van der Waals surface area contributed by atoms with Gasteiger partial charge in [0.15, 0.2) is 0 Å². The lowest BCUT2D eigenvalue weighted by Crippen LogP contribution is -2.49. The fourth-order valence-electron chi connectivity index (χ4n) is 2.50. The van der Waals surface area contributed by atoms with Crippen molar-refractivity contribution in [2.45, 2.75) is 12.5 Å². The monoisotopic (exact) mass is 341 g/mol. The maximum atomic E-state index is 12.9. The van der Waals surface area contributed by atoms with Crippen molar-refractivity contribution in [3.8, 4) is 0 Å². The van der Waals surface area contributed by atoms with Crippen molar-refractivity contribution in [1.82, 2.24) is 15.2 Å². The molecule has 0 spiro atoms. The largest absolute Gasteiger partial charge is 0.465 e. The first-order valence-corrected chi connectivity index (χ1v) is 7.08. The molecule has 10 nitrogen and oxygen atoms in total. The molecule has 1 aliphatic rings. The minimum absolute atomic E-state index is 0.0641. The Labute approximate surface area is 135 Å². The van der Waals surface area contributed by atoms with Crippen molar-refractivity contribution in [1.29, 1.82) is 0 Å². The number of pyridine rings is 1. The lowest BCUT2D eigenvalue weighted by molar-refractivity contribution is -0.384. The molecule has 0 saturated heterocycles. The molecular formula is C13H16FN5O5. The molecule has 0 radical (unpaired) electrons. The van der Waals surface area contributed by atoms with Crippen LogP contribution in [0.4, 0.5) is 20.7 Å². The quantitative estimate of drug-likeness (QED) is 0.510. The number of halogens is 1. The van der Waals surface area contributed by atoms with Gasteiger partial charge in [-0.1, -0.05) is 0 Å². The summed E-state index contributed by atoms with van der Waals surface area (Å²) >= 11 is 0. The molecule has 1 unspecified atom stereocenters. The number of hydrogen-bond acceptors (Lipinski definition) is 6. The van der Waals surface area contributed by atoms with E-state index in [0.717, 1.165) is 6.07 Å². The summed E-state index contributed by atoms with van der Waals surface area (Å²) in [4.78, 5) is 38.9. The molecular weight excluding hydrogens is 325 g/mol. The Hall–Kier alpha value is -2.98. The Bertz CT molecular complexity index is 683. The van der Waals surface area contributed by atoms with Crippen molar-refractivity contribution in [3.05, 3.63) is 27.4 Å². The van der Waals surface area contributed by atoms with Crippen molar-refractivity contribution in [2.75, 3.05) is 32.1 Å². The fourth-order valence-corrected chi connectivity index (χ4v) is 2.50. The highest BCUT2D eigenvalue weighted by Gasteiger charge is 2.31. The zero-order valence-electron chi connectivity index (χ0n) is 12.8. The number of nitrogens with one attached hydrogen (secondary N) is 2. The predicted octanol–water partition coefficient (Wildman–Crippen LogP) is 0.636. The summed E-state index contributed by atoms with van der Waals surface area (Å²) < 4.78 is 12.9. The van der Waals surface area contributed by atoms with E-state index < -0.39 is 29.6 Å². The maximum Gasteiger partial charge on any atom is 0.405 e. The summed E-state index contributed by atoms with van der Waals surface area (Å²) in [7, 11) is 1.49. The molecule has 1 aromatic heterocycles. The minimum Gasteiger partial charge on any atom is -0.465 e. The molecule has 0 aliphatic carbocycles. The maximum absolute atomic E-state index is 12.9. The molecule has 24 heavy (non-hydrogen) atoms. The molecule has 0 bridgehead atoms. The van der Waals surface area contributed by atoms with Crippen LogP contribution in [0.5, 0.6) is 0 Å². The van der Waals surface area contributed by atoms with Crippen LogP contribution in [0.1, 0.15) is 16.1 Å². The first-order chi connectivity index (χ1) is 11.4. The van der Waals surface area contributed by atoms with Gasteiger partial charge in [0.1, 0.15) is 6.67 Å². The number of anilines is 1. The molecule has 0 aromatic carbocycles. The standard InChI is InChI=1S/C13H16FN5O5/c1-15-11-10(19(23)24)4-8-9(17-11)2-3-18(12(8)20)6-7(5-14)16-13(21)22/h4,7,16H,2-3,5-6H2,1H3,(H,15,17)(H,21,22). The number of aromatic nitrogens is 1. The van der Waals surface area contributed by atoms with Crippen LogP contribution in [-0.4, -0.2) is 64.8 Å². The highest BCUT2D eigenvalue weighted by atomic mass is 19.1. The second kappa shape index (κ2) is 7.06. The minimum atomic E-state index is -1.39. The Balaban J connectivity index is 2.27. The van der Waals surface area contributed by atoms with E-state index in [1.54, 1.807) is 0 Å². The average Bonchev–Trinajstić information content (AvgIpc) is 2.54. The second-order valence-electron chi connectivity index (χ2n) is 5.16. The molecule has 0 saturated carbocycles. The molecule has 130 valence electrons. The zero-order chi connectivity index (χ0) is 17.9. The second-order valence-corrected chi connectivity index (χ2v) is 5.16. The van der Waals surface area contributed by atoms with Crippen LogP contribution >= 0.6 is 0 Å². The molecule has 1 aliphatic heterocycles. The van der Waals surface area contributed by atoms with E-state index in [4.69, 9.17) is 5.11 Å². The number of nitro groups is 1. The van der Waals surface area contributed by atoms with Gasteiger partial charge < -0.3 is 20.6 Å². The summed E-state index contributed by atoms with van der Waals surface area (Å²) in [5.74, 6) is -0.477. The Kier molecular flexibility index (Phi) is 5.11. The van der Waals surface area contributed by atoms with Gasteiger partial charge in [-0.3, -0.25) is 14.9 Å². The predicted molar refractivity (Wildman–Crippen MR) is 81.0 cm³/mol. The summed E-state index contributed by atoms with van der Waals surface area (Å²) in [6, 6.07) is 0.0742. The molecule has 0 fully saturated rings. The Morgan fingerprint density at radius 2 is 2.33 bits per heavy atom. The number of fused-ring (bicyclic) bond motifs is 1. The molecule has 11 heteroatoms. The van der Waals surface area contributed by atoms with Gasteiger partial charge in [0.2, 0.25) is 5.82 Å². The average molecular weight is 341 g/mol. The third-order valence-electron chi connectivity index (χ3n) is 3.61. The number of carbonyl (C=O) groups excluding carboxylic acids is 1. The van der Waals surface area contributed by atoms with E-state index in [0.29, 0.717) is 12.1 Å². The van der Waals surface area contributed by atoms with Crippen LogP contribution in [-0.2, 0) is 6.42 Å². The van der Waals surface area contributed by atoms with Crippen molar-refractivity contribution in [3.63, 3.8) is 0 Å². The van der Waals surface area contributed by atoms with Crippen LogP contribution in [0.3, 0.4) is 0 Å². The number of carbonyl (C=O) groups is 2. The van der Waals surface area contributed by atoms with Crippen LogP contribution in [0.2, 0.25) is 0 Å². The van der Waals surface area contributed by atoms with Crippen LogP contribution in [0, 0.1) is 10.1 Å². The number of alkyl halides is 1. The van der Waals surface area contributed by atoms with Crippen LogP contribution in [0.25, 0.3) is 0 Å². The summed E-state index contributed by atoms with van der Waals surface area (Å²) in [5, 5.41) is 24.3. The first-order valence-electron chi connectivity index (χ1n) is 7.08. The van der Waals surface area contributed by atoms with E-state index in [1.807, 2.05) is 5.32 Å². The normalized spacial score (nSPS) is 14.8. The molecule has 1 atom stereocenters. The highest BCUT2D eigenvalue weighted by molar-refractivity contribution is 5.97. The van der Waals surface area contributed by atoms with Gasteiger partial charge in [0, 0.05) is 32.6 Å². The Morgan fingerprint density at radius 3 is 2.88 bits per heavy atom. The number of rotatable bonds is 6. The van der Waals surface area contributed by atoms with Gasteiger partial charge in [-0.2, -0.15) is 0 Å². The van der Waals surface area contributed by atoms with E-state index in [2.05, 4.69) is 10.3 Å². The SMILES string of the molecule is CNc1nc2c(cc1[N+](=O)[O-])C(=O)N(CC(CF)NC(=O)O)CC2. The van der Waals surface area contributed by atoms with E-state index in [1.165, 1.54) is 11.9 Å². The number of nitrogens with zero attached hydrogens (tertiary/aromatic N) is 3. The van der Waals surface area contributed by atoms with Crippen molar-refractivity contribution in [2.24, 2.45) is 0 Å². The zero-order valence-corrected chi connectivity index (χ0v) is 12.8. The van der Waals surface area contributed by atoms with E-state index in [9.17, 15) is 24.1 Å². The number of hydrogen-bond donors (Lipinski definition) is 3. The van der Waals surface area contributed by atoms with E-state index >= 15 is 0 Å². The molecule has 2 heterocycles. The van der Waals surface area contributed by atoms with Gasteiger partial charge in [0.05, 0.1) is 22.2 Å². The van der Waals surface area contributed by atoms with Gasteiger partial charge in [0.25, 0.3) is 5.91 Å². The lowest BCUT2D eigenvalue weighted by Gasteiger charge is -2.30. The number of amides is 2. The van der Waals surface area contributed by atoms with E-state index in [-0.39, 0.29) is 30.2 Å². The first kappa shape index (κ1) is 17.4. The lowest BCUT2D eigenvalue weighted by atomic mass is 10.0. The van der Waals surface area contributed by atoms with Gasteiger partial charge in [-0.05, 0) is 0 Å². The van der Waals surface area contributed by atoms with Gasteiger partial charge in [-0.25, -0.2) is 14.2 Å². The molecule has 3 N–H and O–H groups in total. The third-order valence-corrected chi connectivity index (χ3v) is 3.61. The summed E-state index contributed by atoms with van der Waals surface area (Å²) in [6.45, 7) is -0.916. The summed E-state index contributed by atoms with van der Waals surface area (Å²) in [6.07, 6.45) is -1.06.